The van der Waals surface area contributed by atoms with Crippen molar-refractivity contribution in [1.29, 1.82) is 0 Å². The molecule has 13 heavy (non-hydrogen) atoms. The first-order valence-corrected chi connectivity index (χ1v) is 3.98. The third kappa shape index (κ3) is 1.37. The van der Waals surface area contributed by atoms with Crippen LogP contribution in [0.25, 0.3) is 10.9 Å². The van der Waals surface area contributed by atoms with Gasteiger partial charge in [-0.1, -0.05) is 11.6 Å². The zero-order valence-corrected chi connectivity index (χ0v) is 7.15. The van der Waals surface area contributed by atoms with Gasteiger partial charge < -0.3 is 0 Å². The summed E-state index contributed by atoms with van der Waals surface area (Å²) in [6.07, 6.45) is -2.54. The number of alkyl halides is 2. The van der Waals surface area contributed by atoms with Crippen LogP contribution < -0.4 is 0 Å². The van der Waals surface area contributed by atoms with Crippen LogP contribution in [0.4, 0.5) is 8.78 Å². The molecule has 0 fully saturated rings. The summed E-state index contributed by atoms with van der Waals surface area (Å²) in [5.74, 6) is 0. The second-order valence-corrected chi connectivity index (χ2v) is 3.04. The molecule has 0 aliphatic rings. The number of H-pyrrole nitrogens is 1. The van der Waals surface area contributed by atoms with Gasteiger partial charge in [0, 0.05) is 10.4 Å². The van der Waals surface area contributed by atoms with Crippen molar-refractivity contribution in [2.24, 2.45) is 0 Å². The Morgan fingerprint density at radius 3 is 2.85 bits per heavy atom. The fourth-order valence-corrected chi connectivity index (χ4v) is 1.34. The topological polar surface area (TPSA) is 28.7 Å². The van der Waals surface area contributed by atoms with Crippen molar-refractivity contribution in [2.45, 2.75) is 6.43 Å². The lowest BCUT2D eigenvalue weighted by Crippen LogP contribution is -1.83. The van der Waals surface area contributed by atoms with E-state index in [4.69, 9.17) is 11.6 Å². The summed E-state index contributed by atoms with van der Waals surface area (Å²) in [5, 5.41) is 6.90. The number of halogens is 3. The van der Waals surface area contributed by atoms with Crippen LogP contribution in [-0.4, -0.2) is 10.2 Å². The second-order valence-electron chi connectivity index (χ2n) is 2.60. The molecule has 0 unspecified atom stereocenters. The van der Waals surface area contributed by atoms with Crippen LogP contribution in [0.15, 0.2) is 18.2 Å². The van der Waals surface area contributed by atoms with Crippen molar-refractivity contribution in [3.8, 4) is 0 Å². The number of hydrogen-bond acceptors (Lipinski definition) is 1. The highest BCUT2D eigenvalue weighted by Gasteiger charge is 2.14. The molecule has 1 N–H and O–H groups in total. The Kier molecular flexibility index (Phi) is 1.92. The quantitative estimate of drug-likeness (QED) is 0.756. The van der Waals surface area contributed by atoms with E-state index in [2.05, 4.69) is 10.2 Å². The number of fused-ring (bicyclic) bond motifs is 1. The summed E-state index contributed by atoms with van der Waals surface area (Å²) in [7, 11) is 0. The Balaban J connectivity index is 2.69. The monoisotopic (exact) mass is 202 g/mol. The highest BCUT2D eigenvalue weighted by atomic mass is 35.5. The van der Waals surface area contributed by atoms with Crippen molar-refractivity contribution in [3.05, 3.63) is 28.9 Å². The summed E-state index contributed by atoms with van der Waals surface area (Å²) < 4.78 is 24.7. The molecular weight excluding hydrogens is 198 g/mol. The van der Waals surface area contributed by atoms with E-state index in [0.717, 1.165) is 0 Å². The van der Waals surface area contributed by atoms with Gasteiger partial charge in [0.05, 0.1) is 5.52 Å². The maximum Gasteiger partial charge on any atom is 0.280 e. The van der Waals surface area contributed by atoms with Gasteiger partial charge >= 0.3 is 0 Å². The molecule has 2 nitrogen and oxygen atoms in total. The predicted molar refractivity (Wildman–Crippen MR) is 46.1 cm³/mol. The van der Waals surface area contributed by atoms with Crippen LogP contribution in [0.2, 0.25) is 5.02 Å². The van der Waals surface area contributed by atoms with Crippen molar-refractivity contribution in [2.75, 3.05) is 0 Å². The third-order valence-electron chi connectivity index (χ3n) is 1.76. The van der Waals surface area contributed by atoms with Gasteiger partial charge in [0.1, 0.15) is 5.69 Å². The summed E-state index contributed by atoms with van der Waals surface area (Å²) >= 11 is 5.67. The molecule has 68 valence electrons. The Hall–Kier alpha value is -1.16. The van der Waals surface area contributed by atoms with Gasteiger partial charge in [0.2, 0.25) is 0 Å². The number of nitrogens with one attached hydrogen (secondary N) is 1. The molecule has 0 amide bonds. The van der Waals surface area contributed by atoms with E-state index in [0.29, 0.717) is 15.9 Å². The average molecular weight is 203 g/mol. The molecule has 1 heterocycles. The number of rotatable bonds is 1. The minimum absolute atomic E-state index is 0.160. The van der Waals surface area contributed by atoms with Crippen molar-refractivity contribution < 1.29 is 8.78 Å². The molecule has 0 aliphatic carbocycles. The lowest BCUT2D eigenvalue weighted by atomic mass is 10.2. The molecule has 2 rings (SSSR count). The van der Waals surface area contributed by atoms with Gasteiger partial charge in [-0.05, 0) is 18.2 Å². The van der Waals surface area contributed by atoms with E-state index in [1.165, 1.54) is 6.07 Å². The largest absolute Gasteiger partial charge is 0.280 e. The number of hydrogen-bond donors (Lipinski definition) is 1. The zero-order valence-electron chi connectivity index (χ0n) is 6.39. The fourth-order valence-electron chi connectivity index (χ4n) is 1.17. The smallest absolute Gasteiger partial charge is 0.276 e. The van der Waals surface area contributed by atoms with E-state index in [1.807, 2.05) is 0 Å². The normalized spacial score (nSPS) is 11.4. The zero-order chi connectivity index (χ0) is 9.42. The molecule has 0 radical (unpaired) electrons. The molecule has 0 bridgehead atoms. The summed E-state index contributed by atoms with van der Waals surface area (Å²) in [5.41, 5.74) is 0.300. The minimum Gasteiger partial charge on any atom is -0.276 e. The Morgan fingerprint density at radius 2 is 2.15 bits per heavy atom. The minimum atomic E-state index is -2.54. The summed E-state index contributed by atoms with van der Waals surface area (Å²) in [4.78, 5) is 0. The highest BCUT2D eigenvalue weighted by Crippen LogP contribution is 2.26. The molecular formula is C8H5ClF2N2. The first kappa shape index (κ1) is 8.44. The maximum atomic E-state index is 12.3. The lowest BCUT2D eigenvalue weighted by Gasteiger charge is -1.94. The van der Waals surface area contributed by atoms with Crippen LogP contribution in [0, 0.1) is 0 Å². The van der Waals surface area contributed by atoms with Gasteiger partial charge in [-0.25, -0.2) is 8.78 Å². The predicted octanol–water partition coefficient (Wildman–Crippen LogP) is 3.15. The van der Waals surface area contributed by atoms with E-state index in [1.54, 1.807) is 12.1 Å². The number of nitrogens with zero attached hydrogens (tertiary/aromatic N) is 1. The Bertz CT molecular complexity index is 439. The molecule has 0 spiro atoms. The van der Waals surface area contributed by atoms with Gasteiger partial charge in [-0.3, -0.25) is 5.10 Å². The van der Waals surface area contributed by atoms with Gasteiger partial charge in [-0.2, -0.15) is 5.10 Å². The molecule has 0 saturated heterocycles. The third-order valence-corrected chi connectivity index (χ3v) is 2.00. The Labute approximate surface area is 77.5 Å². The lowest BCUT2D eigenvalue weighted by molar-refractivity contribution is 0.147. The molecule has 0 saturated carbocycles. The van der Waals surface area contributed by atoms with E-state index >= 15 is 0 Å². The van der Waals surface area contributed by atoms with E-state index < -0.39 is 6.43 Å². The van der Waals surface area contributed by atoms with Crippen LogP contribution in [-0.2, 0) is 0 Å². The van der Waals surface area contributed by atoms with Crippen LogP contribution >= 0.6 is 11.6 Å². The van der Waals surface area contributed by atoms with Crippen LogP contribution in [0.3, 0.4) is 0 Å². The van der Waals surface area contributed by atoms with E-state index in [-0.39, 0.29) is 5.69 Å². The van der Waals surface area contributed by atoms with Crippen molar-refractivity contribution in [1.82, 2.24) is 10.2 Å². The molecule has 5 heteroatoms. The first-order chi connectivity index (χ1) is 6.18. The SMILES string of the molecule is FC(F)c1[nH]nc2cc(Cl)ccc12. The summed E-state index contributed by atoms with van der Waals surface area (Å²) in [6, 6.07) is 4.63. The van der Waals surface area contributed by atoms with Gasteiger partial charge in [-0.15, -0.1) is 0 Å². The first-order valence-electron chi connectivity index (χ1n) is 3.60. The number of aromatic amines is 1. The highest BCUT2D eigenvalue weighted by molar-refractivity contribution is 6.31. The summed E-state index contributed by atoms with van der Waals surface area (Å²) in [6.45, 7) is 0. The van der Waals surface area contributed by atoms with Crippen LogP contribution in [0.1, 0.15) is 12.1 Å². The van der Waals surface area contributed by atoms with Crippen LogP contribution in [0.5, 0.6) is 0 Å². The second kappa shape index (κ2) is 2.96. The molecule has 0 atom stereocenters. The number of benzene rings is 1. The van der Waals surface area contributed by atoms with Crippen molar-refractivity contribution in [3.63, 3.8) is 0 Å². The number of aromatic nitrogens is 2. The molecule has 1 aromatic carbocycles. The molecule has 2 aromatic rings. The molecule has 1 aromatic heterocycles. The fraction of sp³-hybridized carbons (Fsp3) is 0.125. The maximum absolute atomic E-state index is 12.3. The van der Waals surface area contributed by atoms with Crippen molar-refractivity contribution >= 4 is 22.5 Å². The van der Waals surface area contributed by atoms with Gasteiger partial charge in [0.25, 0.3) is 6.43 Å². The standard InChI is InChI=1S/C8H5ClF2N2/c9-4-1-2-5-6(3-4)12-13-7(5)8(10)11/h1-3,8H,(H,12,13). The average Bonchev–Trinajstić information content (AvgIpc) is 2.46. The van der Waals surface area contributed by atoms with E-state index in [9.17, 15) is 8.78 Å². The Morgan fingerprint density at radius 1 is 1.38 bits per heavy atom. The molecule has 0 aliphatic heterocycles. The van der Waals surface area contributed by atoms with Gasteiger partial charge in [0.15, 0.2) is 0 Å².